The van der Waals surface area contributed by atoms with Gasteiger partial charge < -0.3 is 15.0 Å². The second-order valence-corrected chi connectivity index (χ2v) is 4.04. The molecule has 0 spiro atoms. The van der Waals surface area contributed by atoms with Crippen LogP contribution in [0.3, 0.4) is 0 Å². The fraction of sp³-hybridized carbons (Fsp3) is 0.583. The van der Waals surface area contributed by atoms with E-state index in [0.717, 1.165) is 6.54 Å². The third-order valence-electron chi connectivity index (χ3n) is 2.60. The fourth-order valence-corrected chi connectivity index (χ4v) is 1.47. The highest BCUT2D eigenvalue weighted by Gasteiger charge is 2.19. The molecular formula is C12H20N4O2. The highest BCUT2D eigenvalue weighted by molar-refractivity contribution is 5.92. The minimum absolute atomic E-state index is 0.00732. The Morgan fingerprint density at radius 2 is 2.28 bits per heavy atom. The van der Waals surface area contributed by atoms with Crippen LogP contribution in [0, 0.1) is 0 Å². The van der Waals surface area contributed by atoms with Crippen LogP contribution in [0.4, 0.5) is 5.82 Å². The molecule has 6 nitrogen and oxygen atoms in total. The summed E-state index contributed by atoms with van der Waals surface area (Å²) in [6.45, 7) is 5.11. The maximum absolute atomic E-state index is 12.2. The lowest BCUT2D eigenvalue weighted by molar-refractivity contribution is 0.0627. The number of ether oxygens (including phenoxy) is 1. The Hall–Kier alpha value is -1.69. The van der Waals surface area contributed by atoms with Gasteiger partial charge in [-0.05, 0) is 13.8 Å². The van der Waals surface area contributed by atoms with E-state index in [4.69, 9.17) is 4.74 Å². The van der Waals surface area contributed by atoms with Gasteiger partial charge in [0.2, 0.25) is 0 Å². The Kier molecular flexibility index (Phi) is 5.51. The second-order valence-electron chi connectivity index (χ2n) is 4.04. The topological polar surface area (TPSA) is 67.4 Å². The van der Waals surface area contributed by atoms with Crippen molar-refractivity contribution in [2.24, 2.45) is 0 Å². The van der Waals surface area contributed by atoms with Crippen LogP contribution in [0.2, 0.25) is 0 Å². The smallest absolute Gasteiger partial charge is 0.274 e. The molecule has 1 N–H and O–H groups in total. The van der Waals surface area contributed by atoms with Gasteiger partial charge in [-0.3, -0.25) is 9.78 Å². The van der Waals surface area contributed by atoms with E-state index in [1.807, 2.05) is 13.8 Å². The zero-order valence-electron chi connectivity index (χ0n) is 11.3. The first-order valence-electron chi connectivity index (χ1n) is 5.92. The Morgan fingerprint density at radius 1 is 1.56 bits per heavy atom. The number of likely N-dealkylation sites (N-methyl/N-ethyl adjacent to an activating group) is 1. The van der Waals surface area contributed by atoms with Gasteiger partial charge in [-0.1, -0.05) is 0 Å². The molecule has 0 saturated carbocycles. The van der Waals surface area contributed by atoms with Gasteiger partial charge in [0.05, 0.1) is 25.0 Å². The van der Waals surface area contributed by atoms with Crippen molar-refractivity contribution < 1.29 is 9.53 Å². The number of amides is 1. The molecule has 1 aromatic rings. The maximum atomic E-state index is 12.2. The zero-order chi connectivity index (χ0) is 13.5. The van der Waals surface area contributed by atoms with E-state index in [-0.39, 0.29) is 11.9 Å². The summed E-state index contributed by atoms with van der Waals surface area (Å²) in [7, 11) is 3.34. The number of hydrogen-bond donors (Lipinski definition) is 1. The van der Waals surface area contributed by atoms with E-state index in [1.54, 1.807) is 25.3 Å². The van der Waals surface area contributed by atoms with Crippen LogP contribution in [0.5, 0.6) is 0 Å². The number of rotatable bonds is 6. The molecule has 0 radical (unpaired) electrons. The summed E-state index contributed by atoms with van der Waals surface area (Å²) in [5.41, 5.74) is 0.332. The fourth-order valence-electron chi connectivity index (χ4n) is 1.47. The third-order valence-corrected chi connectivity index (χ3v) is 2.60. The summed E-state index contributed by atoms with van der Waals surface area (Å²) < 4.78 is 5.03. The molecule has 1 aromatic heterocycles. The van der Waals surface area contributed by atoms with Crippen LogP contribution >= 0.6 is 0 Å². The molecule has 0 aliphatic heterocycles. The molecule has 0 aliphatic rings. The van der Waals surface area contributed by atoms with Crippen molar-refractivity contribution in [3.8, 4) is 0 Å². The number of nitrogens with one attached hydrogen (secondary N) is 1. The van der Waals surface area contributed by atoms with Gasteiger partial charge in [0.25, 0.3) is 5.91 Å². The van der Waals surface area contributed by atoms with Crippen LogP contribution in [-0.4, -0.2) is 54.1 Å². The van der Waals surface area contributed by atoms with Crippen molar-refractivity contribution in [3.05, 3.63) is 18.1 Å². The number of hydrogen-bond acceptors (Lipinski definition) is 5. The Morgan fingerprint density at radius 3 is 2.89 bits per heavy atom. The van der Waals surface area contributed by atoms with Gasteiger partial charge in [0.15, 0.2) is 0 Å². The molecule has 0 fully saturated rings. The quantitative estimate of drug-likeness (QED) is 0.818. The van der Waals surface area contributed by atoms with Crippen LogP contribution < -0.4 is 5.32 Å². The van der Waals surface area contributed by atoms with Gasteiger partial charge in [-0.15, -0.1) is 0 Å². The largest absolute Gasteiger partial charge is 0.383 e. The van der Waals surface area contributed by atoms with Crippen molar-refractivity contribution in [1.29, 1.82) is 0 Å². The lowest BCUT2D eigenvalue weighted by Crippen LogP contribution is -2.38. The van der Waals surface area contributed by atoms with Crippen molar-refractivity contribution in [1.82, 2.24) is 14.9 Å². The summed E-state index contributed by atoms with van der Waals surface area (Å²) in [5, 5.41) is 3.03. The van der Waals surface area contributed by atoms with Gasteiger partial charge in [-0.2, -0.15) is 0 Å². The van der Waals surface area contributed by atoms with Crippen LogP contribution in [0.1, 0.15) is 24.3 Å². The summed E-state index contributed by atoms with van der Waals surface area (Å²) in [4.78, 5) is 22.0. The monoisotopic (exact) mass is 252 g/mol. The molecule has 1 atom stereocenters. The summed E-state index contributed by atoms with van der Waals surface area (Å²) in [5.74, 6) is 0.447. The minimum atomic E-state index is -0.160. The Balaban J connectivity index is 2.79. The Bertz CT molecular complexity index is 397. The SMILES string of the molecule is CCNc1cncc(C(=O)N(C)C(C)COC)n1. The average molecular weight is 252 g/mol. The molecule has 1 heterocycles. The third kappa shape index (κ3) is 3.66. The standard InChI is InChI=1S/C12H20N4O2/c1-5-14-11-7-13-6-10(15-11)12(17)16(3)9(2)8-18-4/h6-7,9H,5,8H2,1-4H3,(H,14,15). The van der Waals surface area contributed by atoms with Crippen molar-refractivity contribution in [2.45, 2.75) is 19.9 Å². The van der Waals surface area contributed by atoms with Gasteiger partial charge in [-0.25, -0.2) is 4.98 Å². The molecule has 1 rings (SSSR count). The van der Waals surface area contributed by atoms with Gasteiger partial charge in [0.1, 0.15) is 11.5 Å². The first-order chi connectivity index (χ1) is 8.60. The zero-order valence-corrected chi connectivity index (χ0v) is 11.3. The number of aromatic nitrogens is 2. The lowest BCUT2D eigenvalue weighted by atomic mass is 10.3. The predicted octanol–water partition coefficient (Wildman–Crippen LogP) is 1.02. The maximum Gasteiger partial charge on any atom is 0.274 e. The van der Waals surface area contributed by atoms with Crippen molar-refractivity contribution >= 4 is 11.7 Å². The summed E-state index contributed by atoms with van der Waals surface area (Å²) in [6, 6.07) is -0.00732. The number of methoxy groups -OCH3 is 1. The number of carbonyl (C=O) groups excluding carboxylic acids is 1. The van der Waals surface area contributed by atoms with Crippen LogP contribution in [0.15, 0.2) is 12.4 Å². The molecule has 100 valence electrons. The number of anilines is 1. The second kappa shape index (κ2) is 6.90. The predicted molar refractivity (Wildman–Crippen MR) is 69.6 cm³/mol. The minimum Gasteiger partial charge on any atom is -0.383 e. The Labute approximate surface area is 107 Å². The highest BCUT2D eigenvalue weighted by Crippen LogP contribution is 2.07. The van der Waals surface area contributed by atoms with E-state index in [0.29, 0.717) is 18.1 Å². The average Bonchev–Trinajstić information content (AvgIpc) is 2.38. The van der Waals surface area contributed by atoms with E-state index < -0.39 is 0 Å². The van der Waals surface area contributed by atoms with E-state index in [2.05, 4.69) is 15.3 Å². The van der Waals surface area contributed by atoms with Crippen LogP contribution in [0.25, 0.3) is 0 Å². The molecule has 0 aliphatic carbocycles. The van der Waals surface area contributed by atoms with E-state index in [1.165, 1.54) is 6.20 Å². The molecule has 1 unspecified atom stereocenters. The van der Waals surface area contributed by atoms with Crippen LogP contribution in [-0.2, 0) is 4.74 Å². The van der Waals surface area contributed by atoms with Gasteiger partial charge >= 0.3 is 0 Å². The molecule has 0 aromatic carbocycles. The normalized spacial score (nSPS) is 12.0. The number of carbonyl (C=O) groups is 1. The van der Waals surface area contributed by atoms with Crippen molar-refractivity contribution in [3.63, 3.8) is 0 Å². The number of nitrogens with zero attached hydrogens (tertiary/aromatic N) is 3. The summed E-state index contributed by atoms with van der Waals surface area (Å²) in [6.07, 6.45) is 3.07. The first-order valence-corrected chi connectivity index (χ1v) is 5.92. The summed E-state index contributed by atoms with van der Waals surface area (Å²) >= 11 is 0. The molecular weight excluding hydrogens is 232 g/mol. The van der Waals surface area contributed by atoms with Gasteiger partial charge in [0, 0.05) is 20.7 Å². The van der Waals surface area contributed by atoms with Crippen molar-refractivity contribution in [2.75, 3.05) is 32.6 Å². The highest BCUT2D eigenvalue weighted by atomic mass is 16.5. The molecule has 6 heteroatoms. The molecule has 0 saturated heterocycles. The molecule has 1 amide bonds. The first kappa shape index (κ1) is 14.4. The molecule has 18 heavy (non-hydrogen) atoms. The van der Waals surface area contributed by atoms with E-state index >= 15 is 0 Å². The van der Waals surface area contributed by atoms with E-state index in [9.17, 15) is 4.79 Å². The lowest BCUT2D eigenvalue weighted by Gasteiger charge is -2.23. The molecule has 0 bridgehead atoms.